The predicted octanol–water partition coefficient (Wildman–Crippen LogP) is 5.60. The van der Waals surface area contributed by atoms with Gasteiger partial charge in [0.2, 0.25) is 0 Å². The molecule has 1 unspecified atom stereocenters. The number of hydrogen-bond donors (Lipinski definition) is 1. The second-order valence-electron chi connectivity index (χ2n) is 9.90. The predicted molar refractivity (Wildman–Crippen MR) is 135 cm³/mol. The third kappa shape index (κ3) is 5.20. The van der Waals surface area contributed by atoms with Crippen LogP contribution in [0.2, 0.25) is 0 Å². The van der Waals surface area contributed by atoms with Crippen LogP contribution in [-0.4, -0.2) is 48.1 Å². The molecule has 2 heterocycles. The monoisotopic (exact) mass is 485 g/mol. The zero-order valence-electron chi connectivity index (χ0n) is 21.1. The number of nitrogens with zero attached hydrogens (tertiary/aromatic N) is 1. The van der Waals surface area contributed by atoms with E-state index in [1.54, 1.807) is 24.1 Å². The number of hydrogen-bond acceptors (Lipinski definition) is 6. The molecule has 6 nitrogen and oxygen atoms in total. The fourth-order valence-corrected chi connectivity index (χ4v) is 5.25. The third-order valence-corrected chi connectivity index (χ3v) is 7.04. The van der Waals surface area contributed by atoms with Crippen molar-refractivity contribution in [1.29, 1.82) is 0 Å². The molecule has 0 saturated carbocycles. The van der Waals surface area contributed by atoms with Gasteiger partial charge < -0.3 is 19.5 Å². The summed E-state index contributed by atoms with van der Waals surface area (Å²) in [6.45, 7) is 12.9. The summed E-state index contributed by atoms with van der Waals surface area (Å²) in [4.78, 5) is 28.8. The van der Waals surface area contributed by atoms with Crippen molar-refractivity contribution < 1.29 is 24.2 Å². The van der Waals surface area contributed by atoms with Gasteiger partial charge in [-0.1, -0.05) is 20.8 Å². The Hall–Kier alpha value is -2.64. The molecular weight excluding hydrogens is 450 g/mol. The molecule has 1 fully saturated rings. The van der Waals surface area contributed by atoms with Crippen molar-refractivity contribution >= 4 is 28.8 Å². The maximum absolute atomic E-state index is 13.2. The lowest BCUT2D eigenvalue weighted by Gasteiger charge is -2.25. The van der Waals surface area contributed by atoms with Gasteiger partial charge in [0.15, 0.2) is 0 Å². The Morgan fingerprint density at radius 1 is 1.21 bits per heavy atom. The zero-order chi connectivity index (χ0) is 25.2. The van der Waals surface area contributed by atoms with E-state index in [1.807, 2.05) is 38.3 Å². The molecule has 1 saturated heterocycles. The summed E-state index contributed by atoms with van der Waals surface area (Å²) < 4.78 is 11.1. The molecule has 7 heteroatoms. The molecule has 1 atom stereocenters. The van der Waals surface area contributed by atoms with Crippen LogP contribution in [-0.2, 0) is 19.7 Å². The maximum Gasteiger partial charge on any atom is 0.295 e. The number of amides is 1. The molecule has 1 aliphatic heterocycles. The first-order valence-corrected chi connectivity index (χ1v) is 12.5. The van der Waals surface area contributed by atoms with Crippen molar-refractivity contribution in [3.8, 4) is 5.75 Å². The van der Waals surface area contributed by atoms with Gasteiger partial charge >= 0.3 is 0 Å². The van der Waals surface area contributed by atoms with Crippen LogP contribution >= 0.6 is 11.3 Å². The molecule has 34 heavy (non-hydrogen) atoms. The number of ether oxygens (including phenoxy) is 2. The molecule has 1 amide bonds. The first-order chi connectivity index (χ1) is 16.0. The quantitative estimate of drug-likeness (QED) is 0.228. The van der Waals surface area contributed by atoms with Crippen LogP contribution in [0.4, 0.5) is 0 Å². The van der Waals surface area contributed by atoms with Gasteiger partial charge in [-0.3, -0.25) is 9.59 Å². The minimum atomic E-state index is -0.659. The second kappa shape index (κ2) is 10.3. The Kier molecular flexibility index (Phi) is 7.88. The van der Waals surface area contributed by atoms with Gasteiger partial charge in [0.25, 0.3) is 11.7 Å². The Bertz CT molecular complexity index is 1090. The average molecular weight is 486 g/mol. The van der Waals surface area contributed by atoms with Gasteiger partial charge in [0.1, 0.15) is 11.5 Å². The van der Waals surface area contributed by atoms with Crippen molar-refractivity contribution in [1.82, 2.24) is 4.90 Å². The number of benzene rings is 1. The van der Waals surface area contributed by atoms with Crippen LogP contribution in [0.15, 0.2) is 35.2 Å². The number of carbonyl (C=O) groups is 2. The molecule has 3 rings (SSSR count). The normalized spacial score (nSPS) is 18.2. The Balaban J connectivity index is 2.10. The first kappa shape index (κ1) is 26.0. The third-order valence-electron chi connectivity index (χ3n) is 5.97. The van der Waals surface area contributed by atoms with E-state index < -0.39 is 17.7 Å². The van der Waals surface area contributed by atoms with Crippen LogP contribution in [0.25, 0.3) is 5.76 Å². The standard InChI is InChI=1S/C27H35NO5S/c1-16(2)33-13-8-12-28-22(25-17(3)11-14-34-25)21(24(30)26(28)31)23(29)18-9-10-20(32-7)19(15-18)27(4,5)6/h9-11,14-16,22,29H,8,12-13H2,1-7H3/b23-21-. The number of ketones is 1. The molecule has 1 aromatic heterocycles. The van der Waals surface area contributed by atoms with Gasteiger partial charge in [-0.25, -0.2) is 0 Å². The van der Waals surface area contributed by atoms with E-state index in [-0.39, 0.29) is 22.9 Å². The fraction of sp³-hybridized carbons (Fsp3) is 0.481. The van der Waals surface area contributed by atoms with E-state index in [0.29, 0.717) is 30.9 Å². The maximum atomic E-state index is 13.2. The van der Waals surface area contributed by atoms with Crippen molar-refractivity contribution in [2.45, 2.75) is 65.5 Å². The lowest BCUT2D eigenvalue weighted by Crippen LogP contribution is -2.31. The first-order valence-electron chi connectivity index (χ1n) is 11.6. The number of aliphatic hydroxyl groups is 1. The van der Waals surface area contributed by atoms with E-state index in [9.17, 15) is 14.7 Å². The minimum absolute atomic E-state index is 0.0952. The summed E-state index contributed by atoms with van der Waals surface area (Å²) in [7, 11) is 1.61. The van der Waals surface area contributed by atoms with Crippen LogP contribution < -0.4 is 4.74 Å². The van der Waals surface area contributed by atoms with Crippen LogP contribution in [0.3, 0.4) is 0 Å². The van der Waals surface area contributed by atoms with Crippen molar-refractivity contribution in [2.75, 3.05) is 20.3 Å². The fourth-order valence-electron chi connectivity index (χ4n) is 4.20. The van der Waals surface area contributed by atoms with Gasteiger partial charge in [-0.05, 0) is 67.8 Å². The number of aliphatic hydroxyl groups excluding tert-OH is 1. The molecule has 0 radical (unpaired) electrons. The molecule has 0 bridgehead atoms. The Morgan fingerprint density at radius 2 is 1.91 bits per heavy atom. The lowest BCUT2D eigenvalue weighted by molar-refractivity contribution is -0.140. The number of aryl methyl sites for hydroxylation is 1. The number of Topliss-reactive ketones (excluding diaryl/α,β-unsaturated/α-hetero) is 1. The van der Waals surface area contributed by atoms with Crippen LogP contribution in [0.1, 0.15) is 68.6 Å². The molecular formula is C27H35NO5S. The molecule has 1 aliphatic rings. The van der Waals surface area contributed by atoms with Gasteiger partial charge in [0.05, 0.1) is 24.8 Å². The highest BCUT2D eigenvalue weighted by atomic mass is 32.1. The Morgan fingerprint density at radius 3 is 2.47 bits per heavy atom. The minimum Gasteiger partial charge on any atom is -0.507 e. The highest BCUT2D eigenvalue weighted by Gasteiger charge is 2.46. The van der Waals surface area contributed by atoms with E-state index in [0.717, 1.165) is 16.0 Å². The number of methoxy groups -OCH3 is 1. The molecule has 0 spiro atoms. The topological polar surface area (TPSA) is 76.1 Å². The largest absolute Gasteiger partial charge is 0.507 e. The van der Waals surface area contributed by atoms with Gasteiger partial charge in [-0.2, -0.15) is 0 Å². The van der Waals surface area contributed by atoms with E-state index in [1.165, 1.54) is 11.3 Å². The lowest BCUT2D eigenvalue weighted by atomic mass is 9.84. The SMILES string of the molecule is COc1ccc(/C(O)=C2/C(=O)C(=O)N(CCCOC(C)C)C2c2sccc2C)cc1C(C)(C)C. The van der Waals surface area contributed by atoms with E-state index in [4.69, 9.17) is 9.47 Å². The van der Waals surface area contributed by atoms with Gasteiger partial charge in [-0.15, -0.1) is 11.3 Å². The Labute approximate surface area is 206 Å². The summed E-state index contributed by atoms with van der Waals surface area (Å²) in [5.74, 6) is -0.702. The smallest absolute Gasteiger partial charge is 0.295 e. The summed E-state index contributed by atoms with van der Waals surface area (Å²) >= 11 is 1.49. The number of thiophene rings is 1. The van der Waals surface area contributed by atoms with E-state index in [2.05, 4.69) is 20.8 Å². The van der Waals surface area contributed by atoms with Crippen molar-refractivity contribution in [2.24, 2.45) is 0 Å². The second-order valence-corrected chi connectivity index (χ2v) is 10.8. The van der Waals surface area contributed by atoms with Crippen LogP contribution in [0, 0.1) is 6.92 Å². The number of carbonyl (C=O) groups excluding carboxylic acids is 2. The van der Waals surface area contributed by atoms with Crippen molar-refractivity contribution in [3.05, 3.63) is 56.8 Å². The van der Waals surface area contributed by atoms with Crippen molar-refractivity contribution in [3.63, 3.8) is 0 Å². The average Bonchev–Trinajstić information content (AvgIpc) is 3.30. The summed E-state index contributed by atoms with van der Waals surface area (Å²) in [6, 6.07) is 6.70. The molecule has 184 valence electrons. The molecule has 0 aliphatic carbocycles. The molecule has 1 aromatic carbocycles. The summed E-state index contributed by atoms with van der Waals surface area (Å²) in [6.07, 6.45) is 0.695. The molecule has 2 aromatic rings. The zero-order valence-corrected chi connectivity index (χ0v) is 21.9. The summed E-state index contributed by atoms with van der Waals surface area (Å²) in [5, 5.41) is 13.3. The number of likely N-dealkylation sites (tertiary alicyclic amines) is 1. The molecule has 1 N–H and O–H groups in total. The highest BCUT2D eigenvalue weighted by Crippen LogP contribution is 2.43. The van der Waals surface area contributed by atoms with Gasteiger partial charge in [0, 0.05) is 29.2 Å². The van der Waals surface area contributed by atoms with E-state index >= 15 is 0 Å². The number of rotatable bonds is 8. The highest BCUT2D eigenvalue weighted by molar-refractivity contribution is 7.10. The summed E-state index contributed by atoms with van der Waals surface area (Å²) in [5.41, 5.74) is 2.27. The van der Waals surface area contributed by atoms with Crippen LogP contribution in [0.5, 0.6) is 5.75 Å².